The minimum Gasteiger partial charge on any atom is -0.496 e. The van der Waals surface area contributed by atoms with Crippen molar-refractivity contribution in [2.75, 3.05) is 7.11 Å². The first kappa shape index (κ1) is 9.77. The number of rotatable bonds is 3. The highest BCUT2D eigenvalue weighted by molar-refractivity contribution is 5.59. The molecule has 0 unspecified atom stereocenters. The summed E-state index contributed by atoms with van der Waals surface area (Å²) >= 11 is 0. The largest absolute Gasteiger partial charge is 0.496 e. The van der Waals surface area contributed by atoms with Gasteiger partial charge in [-0.25, -0.2) is 4.98 Å². The van der Waals surface area contributed by atoms with Crippen molar-refractivity contribution >= 4 is 0 Å². The van der Waals surface area contributed by atoms with Gasteiger partial charge in [-0.3, -0.25) is 0 Å². The molecule has 2 aromatic rings. The first-order valence-electron chi connectivity index (χ1n) is 4.91. The van der Waals surface area contributed by atoms with Crippen molar-refractivity contribution in [2.24, 2.45) is 0 Å². The van der Waals surface area contributed by atoms with Crippen molar-refractivity contribution in [1.82, 2.24) is 4.98 Å². The van der Waals surface area contributed by atoms with Crippen LogP contribution in [-0.4, -0.2) is 12.1 Å². The van der Waals surface area contributed by atoms with Crippen LogP contribution in [0, 0.1) is 0 Å². The summed E-state index contributed by atoms with van der Waals surface area (Å²) in [5.41, 5.74) is 2.21. The lowest BCUT2D eigenvalue weighted by Gasteiger charge is -2.07. The van der Waals surface area contributed by atoms with Gasteiger partial charge in [0.2, 0.25) is 0 Å². The molecule has 0 radical (unpaired) electrons. The zero-order valence-corrected chi connectivity index (χ0v) is 8.86. The van der Waals surface area contributed by atoms with Gasteiger partial charge in [0.1, 0.15) is 5.75 Å². The average molecular weight is 203 g/mol. The highest BCUT2D eigenvalue weighted by atomic mass is 16.5. The lowest BCUT2D eigenvalue weighted by Crippen LogP contribution is -1.90. The highest BCUT2D eigenvalue weighted by Gasteiger charge is 2.06. The number of nitrogens with zero attached hydrogens (tertiary/aromatic N) is 1. The van der Waals surface area contributed by atoms with Gasteiger partial charge < -0.3 is 9.15 Å². The van der Waals surface area contributed by atoms with Gasteiger partial charge in [0.05, 0.1) is 13.3 Å². The van der Waals surface area contributed by atoms with E-state index in [2.05, 4.69) is 18.0 Å². The molecule has 0 bridgehead atoms. The molecule has 15 heavy (non-hydrogen) atoms. The first-order valence-corrected chi connectivity index (χ1v) is 4.91. The molecule has 0 amide bonds. The van der Waals surface area contributed by atoms with E-state index >= 15 is 0 Å². The molecule has 1 heterocycles. The number of hydrogen-bond donors (Lipinski definition) is 0. The standard InChI is InChI=1S/C12H13NO2/c1-3-9-6-10(4-5-11(9)14-2)12-7-13-8-15-12/h4-8H,3H2,1-2H3. The normalized spacial score (nSPS) is 10.3. The molecule has 0 saturated carbocycles. The molecule has 2 rings (SSSR count). The Labute approximate surface area is 88.7 Å². The van der Waals surface area contributed by atoms with Crippen LogP contribution in [-0.2, 0) is 6.42 Å². The third-order valence-electron chi connectivity index (χ3n) is 2.38. The maximum atomic E-state index is 5.26. The molecule has 3 heteroatoms. The van der Waals surface area contributed by atoms with E-state index in [1.807, 2.05) is 12.1 Å². The van der Waals surface area contributed by atoms with E-state index in [1.165, 1.54) is 12.0 Å². The molecule has 3 nitrogen and oxygen atoms in total. The molecule has 0 aliphatic carbocycles. The van der Waals surface area contributed by atoms with Gasteiger partial charge in [-0.05, 0) is 30.2 Å². The van der Waals surface area contributed by atoms with E-state index in [0.717, 1.165) is 23.5 Å². The number of ether oxygens (including phenoxy) is 1. The van der Waals surface area contributed by atoms with Crippen molar-refractivity contribution in [2.45, 2.75) is 13.3 Å². The summed E-state index contributed by atoms with van der Waals surface area (Å²) in [6.07, 6.45) is 4.08. The molecule has 0 atom stereocenters. The molecule has 0 aliphatic heterocycles. The van der Waals surface area contributed by atoms with Crippen LogP contribution in [0.15, 0.2) is 35.2 Å². The summed E-state index contributed by atoms with van der Waals surface area (Å²) in [6.45, 7) is 2.10. The molecular formula is C12H13NO2. The predicted molar refractivity (Wildman–Crippen MR) is 57.9 cm³/mol. The van der Waals surface area contributed by atoms with Gasteiger partial charge in [-0.1, -0.05) is 6.92 Å². The third kappa shape index (κ3) is 1.86. The fourth-order valence-electron chi connectivity index (χ4n) is 1.57. The molecule has 1 aromatic carbocycles. The maximum absolute atomic E-state index is 5.26. The molecule has 0 spiro atoms. The fourth-order valence-corrected chi connectivity index (χ4v) is 1.57. The average Bonchev–Trinajstić information content (AvgIpc) is 2.81. The van der Waals surface area contributed by atoms with Crippen molar-refractivity contribution in [1.29, 1.82) is 0 Å². The summed E-state index contributed by atoms with van der Waals surface area (Å²) in [4.78, 5) is 3.90. The van der Waals surface area contributed by atoms with Crippen LogP contribution in [0.1, 0.15) is 12.5 Å². The Morgan fingerprint density at radius 2 is 2.27 bits per heavy atom. The topological polar surface area (TPSA) is 35.3 Å². The Morgan fingerprint density at radius 1 is 1.40 bits per heavy atom. The minimum absolute atomic E-state index is 0.785. The first-order chi connectivity index (χ1) is 7.35. The summed E-state index contributed by atoms with van der Waals surface area (Å²) in [5, 5.41) is 0. The van der Waals surface area contributed by atoms with Crippen molar-refractivity contribution in [3.05, 3.63) is 36.4 Å². The number of aromatic nitrogens is 1. The van der Waals surface area contributed by atoms with Gasteiger partial charge in [0, 0.05) is 5.56 Å². The Hall–Kier alpha value is -1.77. The van der Waals surface area contributed by atoms with Crippen LogP contribution in [0.4, 0.5) is 0 Å². The summed E-state index contributed by atoms with van der Waals surface area (Å²) in [5.74, 6) is 1.70. The van der Waals surface area contributed by atoms with E-state index in [-0.39, 0.29) is 0 Å². The zero-order chi connectivity index (χ0) is 10.7. The van der Waals surface area contributed by atoms with Crippen LogP contribution in [0.25, 0.3) is 11.3 Å². The van der Waals surface area contributed by atoms with Crippen LogP contribution < -0.4 is 4.74 Å². The number of benzene rings is 1. The summed E-state index contributed by atoms with van der Waals surface area (Å²) in [6, 6.07) is 5.99. The Bertz CT molecular complexity index is 435. The Morgan fingerprint density at radius 3 is 2.87 bits per heavy atom. The third-order valence-corrected chi connectivity index (χ3v) is 2.38. The lowest BCUT2D eigenvalue weighted by atomic mass is 10.1. The van der Waals surface area contributed by atoms with Crippen LogP contribution in [0.2, 0.25) is 0 Å². The summed E-state index contributed by atoms with van der Waals surface area (Å²) < 4.78 is 10.5. The smallest absolute Gasteiger partial charge is 0.181 e. The molecular weight excluding hydrogens is 190 g/mol. The Kier molecular flexibility index (Phi) is 2.72. The molecule has 0 saturated heterocycles. The SMILES string of the molecule is CCc1cc(-c2cnco2)ccc1OC. The van der Waals surface area contributed by atoms with E-state index in [4.69, 9.17) is 9.15 Å². The van der Waals surface area contributed by atoms with Crippen LogP contribution >= 0.6 is 0 Å². The second-order valence-electron chi connectivity index (χ2n) is 3.25. The van der Waals surface area contributed by atoms with Gasteiger partial charge >= 0.3 is 0 Å². The van der Waals surface area contributed by atoms with Crippen LogP contribution in [0.5, 0.6) is 5.75 Å². The van der Waals surface area contributed by atoms with Gasteiger partial charge in [-0.2, -0.15) is 0 Å². The number of aryl methyl sites for hydroxylation is 1. The summed E-state index contributed by atoms with van der Waals surface area (Å²) in [7, 11) is 1.68. The predicted octanol–water partition coefficient (Wildman–Crippen LogP) is 2.91. The maximum Gasteiger partial charge on any atom is 0.181 e. The van der Waals surface area contributed by atoms with Crippen molar-refractivity contribution in [3.63, 3.8) is 0 Å². The quantitative estimate of drug-likeness (QED) is 0.769. The van der Waals surface area contributed by atoms with Gasteiger partial charge in [0.25, 0.3) is 0 Å². The zero-order valence-electron chi connectivity index (χ0n) is 8.86. The van der Waals surface area contributed by atoms with E-state index in [9.17, 15) is 0 Å². The Balaban J connectivity index is 2.43. The number of hydrogen-bond acceptors (Lipinski definition) is 3. The number of oxazole rings is 1. The molecule has 78 valence electrons. The van der Waals surface area contributed by atoms with Crippen LogP contribution in [0.3, 0.4) is 0 Å². The van der Waals surface area contributed by atoms with E-state index in [0.29, 0.717) is 0 Å². The monoisotopic (exact) mass is 203 g/mol. The molecule has 0 aliphatic rings. The minimum atomic E-state index is 0.785. The van der Waals surface area contributed by atoms with Gasteiger partial charge in [0.15, 0.2) is 12.2 Å². The number of methoxy groups -OCH3 is 1. The van der Waals surface area contributed by atoms with Gasteiger partial charge in [-0.15, -0.1) is 0 Å². The van der Waals surface area contributed by atoms with Crippen molar-refractivity contribution in [3.8, 4) is 17.1 Å². The van der Waals surface area contributed by atoms with E-state index < -0.39 is 0 Å². The molecule has 0 fully saturated rings. The highest BCUT2D eigenvalue weighted by Crippen LogP contribution is 2.26. The fraction of sp³-hybridized carbons (Fsp3) is 0.250. The molecule has 0 N–H and O–H groups in total. The second kappa shape index (κ2) is 4.17. The van der Waals surface area contributed by atoms with Crippen molar-refractivity contribution < 1.29 is 9.15 Å². The lowest BCUT2D eigenvalue weighted by molar-refractivity contribution is 0.410. The molecule has 1 aromatic heterocycles. The second-order valence-corrected chi connectivity index (χ2v) is 3.25. The van der Waals surface area contributed by atoms with E-state index in [1.54, 1.807) is 13.3 Å².